The summed E-state index contributed by atoms with van der Waals surface area (Å²) < 4.78 is 42.3. The predicted molar refractivity (Wildman–Crippen MR) is 142 cm³/mol. The van der Waals surface area contributed by atoms with Crippen LogP contribution in [0.25, 0.3) is 0 Å². The van der Waals surface area contributed by atoms with Gasteiger partial charge in [0.05, 0.1) is 10.6 Å². The molecule has 0 bridgehead atoms. The number of anilines is 1. The molecular weight excluding hydrogens is 493 g/mol. The molecule has 0 aliphatic carbocycles. The first-order valence-electron chi connectivity index (χ1n) is 11.9. The lowest BCUT2D eigenvalue weighted by atomic mass is 10.1. The van der Waals surface area contributed by atoms with E-state index >= 15 is 0 Å². The Kier molecular flexibility index (Phi) is 8.70. The van der Waals surface area contributed by atoms with E-state index in [-0.39, 0.29) is 11.4 Å². The molecule has 3 aromatic carbocycles. The number of likely N-dealkylation sites (N-methyl/N-ethyl adjacent to an activating group) is 1. The van der Waals surface area contributed by atoms with Crippen molar-refractivity contribution in [2.75, 3.05) is 17.9 Å². The topological polar surface area (TPSA) is 86.8 Å². The van der Waals surface area contributed by atoms with Gasteiger partial charge in [-0.25, -0.2) is 12.8 Å². The van der Waals surface area contributed by atoms with Crippen LogP contribution in [0.4, 0.5) is 10.1 Å². The largest absolute Gasteiger partial charge is 0.357 e. The van der Waals surface area contributed by atoms with E-state index in [4.69, 9.17) is 0 Å². The maximum absolute atomic E-state index is 13.9. The first-order chi connectivity index (χ1) is 17.4. The summed E-state index contributed by atoms with van der Waals surface area (Å²) in [6, 6.07) is 16.4. The van der Waals surface area contributed by atoms with Crippen LogP contribution in [0, 0.1) is 26.6 Å². The molecule has 196 valence electrons. The first-order valence-corrected chi connectivity index (χ1v) is 13.3. The summed E-state index contributed by atoms with van der Waals surface area (Å²) in [6.45, 7) is 6.57. The molecular formula is C28H32FN3O4S. The van der Waals surface area contributed by atoms with Gasteiger partial charge in [0.15, 0.2) is 0 Å². The van der Waals surface area contributed by atoms with Gasteiger partial charge in [-0.2, -0.15) is 0 Å². The van der Waals surface area contributed by atoms with Crippen LogP contribution in [0.15, 0.2) is 71.6 Å². The molecule has 3 rings (SSSR count). The number of carbonyl (C=O) groups excluding carboxylic acids is 2. The SMILES string of the molecule is CNC(=O)[C@@H](C)N(Cc1ccc(F)cc1)C(=O)CN(c1cccc(C)c1C)S(=O)(=O)c1ccc(C)cc1. The second kappa shape index (κ2) is 11.6. The zero-order chi connectivity index (χ0) is 27.3. The normalized spacial score (nSPS) is 12.1. The quantitative estimate of drug-likeness (QED) is 0.456. The Morgan fingerprint density at radius 1 is 0.946 bits per heavy atom. The van der Waals surface area contributed by atoms with Gasteiger partial charge in [0.2, 0.25) is 11.8 Å². The monoisotopic (exact) mass is 525 g/mol. The van der Waals surface area contributed by atoms with E-state index in [1.165, 1.54) is 48.3 Å². The van der Waals surface area contributed by atoms with Crippen molar-refractivity contribution in [3.05, 3.63) is 94.8 Å². The molecule has 0 aromatic heterocycles. The molecule has 0 fully saturated rings. The molecule has 0 saturated heterocycles. The average molecular weight is 526 g/mol. The summed E-state index contributed by atoms with van der Waals surface area (Å²) in [5, 5.41) is 2.53. The summed E-state index contributed by atoms with van der Waals surface area (Å²) >= 11 is 0. The Morgan fingerprint density at radius 3 is 2.16 bits per heavy atom. The van der Waals surface area contributed by atoms with Crippen LogP contribution in [0.5, 0.6) is 0 Å². The zero-order valence-electron chi connectivity index (χ0n) is 21.7. The number of benzene rings is 3. The van der Waals surface area contributed by atoms with Crippen LogP contribution in [0.2, 0.25) is 0 Å². The third-order valence-electron chi connectivity index (χ3n) is 6.41. The molecule has 0 aliphatic heterocycles. The van der Waals surface area contributed by atoms with Gasteiger partial charge in [0.1, 0.15) is 18.4 Å². The predicted octanol–water partition coefficient (Wildman–Crippen LogP) is 4.11. The van der Waals surface area contributed by atoms with Crippen molar-refractivity contribution in [1.29, 1.82) is 0 Å². The number of aryl methyl sites for hydroxylation is 2. The standard InChI is InChI=1S/C28H32FN3O4S/c1-19-9-15-25(16-10-19)37(35,36)32(26-8-6-7-20(2)21(26)3)18-27(33)31(22(4)28(34)30-5)17-23-11-13-24(29)14-12-23/h6-16,22H,17-18H2,1-5H3,(H,30,34)/t22-/m1/s1. The Bertz CT molecular complexity index is 1370. The van der Waals surface area contributed by atoms with Gasteiger partial charge >= 0.3 is 0 Å². The fourth-order valence-electron chi connectivity index (χ4n) is 3.93. The third kappa shape index (κ3) is 6.35. The number of hydrogen-bond acceptors (Lipinski definition) is 4. The Hall–Kier alpha value is -3.72. The van der Waals surface area contributed by atoms with Crippen molar-refractivity contribution in [3.8, 4) is 0 Å². The number of sulfonamides is 1. The highest BCUT2D eigenvalue weighted by molar-refractivity contribution is 7.92. The third-order valence-corrected chi connectivity index (χ3v) is 8.19. The van der Waals surface area contributed by atoms with Crippen LogP contribution < -0.4 is 9.62 Å². The highest BCUT2D eigenvalue weighted by Crippen LogP contribution is 2.29. The number of halogens is 1. The van der Waals surface area contributed by atoms with Crippen molar-refractivity contribution in [2.45, 2.75) is 45.2 Å². The number of amides is 2. The molecule has 2 amide bonds. The minimum Gasteiger partial charge on any atom is -0.357 e. The maximum atomic E-state index is 13.9. The van der Waals surface area contributed by atoms with Crippen LogP contribution in [0.3, 0.4) is 0 Å². The van der Waals surface area contributed by atoms with Gasteiger partial charge in [-0.15, -0.1) is 0 Å². The second-order valence-corrected chi connectivity index (χ2v) is 10.8. The molecule has 0 radical (unpaired) electrons. The van der Waals surface area contributed by atoms with Gasteiger partial charge in [0, 0.05) is 13.6 Å². The average Bonchev–Trinajstić information content (AvgIpc) is 2.88. The zero-order valence-corrected chi connectivity index (χ0v) is 22.5. The van der Waals surface area contributed by atoms with Crippen LogP contribution in [0.1, 0.15) is 29.2 Å². The number of hydrogen-bond donors (Lipinski definition) is 1. The highest BCUT2D eigenvalue weighted by atomic mass is 32.2. The van der Waals surface area contributed by atoms with Gasteiger partial charge in [0.25, 0.3) is 10.0 Å². The molecule has 3 aromatic rings. The Morgan fingerprint density at radius 2 is 1.57 bits per heavy atom. The van der Waals surface area contributed by atoms with Crippen molar-refractivity contribution < 1.29 is 22.4 Å². The fraction of sp³-hybridized carbons (Fsp3) is 0.286. The summed E-state index contributed by atoms with van der Waals surface area (Å²) in [5.41, 5.74) is 3.47. The molecule has 9 heteroatoms. The molecule has 37 heavy (non-hydrogen) atoms. The minimum absolute atomic E-state index is 0.00107. The smallest absolute Gasteiger partial charge is 0.264 e. The van der Waals surface area contributed by atoms with Crippen molar-refractivity contribution in [2.24, 2.45) is 0 Å². The fourth-order valence-corrected chi connectivity index (χ4v) is 5.41. The molecule has 0 spiro atoms. The molecule has 1 N–H and O–H groups in total. The molecule has 0 saturated carbocycles. The lowest BCUT2D eigenvalue weighted by Gasteiger charge is -2.32. The van der Waals surface area contributed by atoms with Gasteiger partial charge in [-0.05, 0) is 74.7 Å². The van der Waals surface area contributed by atoms with Gasteiger partial charge in [-0.3, -0.25) is 13.9 Å². The van der Waals surface area contributed by atoms with E-state index in [1.54, 1.807) is 38.1 Å². The summed E-state index contributed by atoms with van der Waals surface area (Å²) in [6.07, 6.45) is 0. The van der Waals surface area contributed by atoms with Crippen molar-refractivity contribution >= 4 is 27.5 Å². The van der Waals surface area contributed by atoms with Crippen LogP contribution in [-0.2, 0) is 26.2 Å². The number of nitrogens with one attached hydrogen (secondary N) is 1. The maximum Gasteiger partial charge on any atom is 0.264 e. The van der Waals surface area contributed by atoms with E-state index in [2.05, 4.69) is 5.32 Å². The van der Waals surface area contributed by atoms with Gasteiger partial charge < -0.3 is 10.2 Å². The number of nitrogens with zero attached hydrogens (tertiary/aromatic N) is 2. The molecule has 0 unspecified atom stereocenters. The minimum atomic E-state index is -4.13. The molecule has 0 aliphatic rings. The van der Waals surface area contributed by atoms with E-state index < -0.39 is 40.2 Å². The van der Waals surface area contributed by atoms with E-state index in [0.717, 1.165) is 21.0 Å². The van der Waals surface area contributed by atoms with Gasteiger partial charge in [-0.1, -0.05) is 42.0 Å². The van der Waals surface area contributed by atoms with E-state index in [1.807, 2.05) is 19.9 Å². The lowest BCUT2D eigenvalue weighted by Crippen LogP contribution is -2.50. The summed E-state index contributed by atoms with van der Waals surface area (Å²) in [5.74, 6) is -1.40. The van der Waals surface area contributed by atoms with Crippen molar-refractivity contribution in [1.82, 2.24) is 10.2 Å². The van der Waals surface area contributed by atoms with Crippen molar-refractivity contribution in [3.63, 3.8) is 0 Å². The van der Waals surface area contributed by atoms with Crippen LogP contribution >= 0.6 is 0 Å². The van der Waals surface area contributed by atoms with Crippen LogP contribution in [-0.4, -0.2) is 44.8 Å². The first kappa shape index (κ1) is 27.9. The molecule has 0 heterocycles. The molecule has 1 atom stereocenters. The van der Waals surface area contributed by atoms with E-state index in [9.17, 15) is 22.4 Å². The number of carbonyl (C=O) groups is 2. The number of rotatable bonds is 9. The Labute approximate surface area is 218 Å². The second-order valence-electron chi connectivity index (χ2n) is 8.98. The Balaban J connectivity index is 2.07. The summed E-state index contributed by atoms with van der Waals surface area (Å²) in [4.78, 5) is 27.6. The summed E-state index contributed by atoms with van der Waals surface area (Å²) in [7, 11) is -2.67. The van der Waals surface area contributed by atoms with E-state index in [0.29, 0.717) is 11.3 Å². The molecule has 7 nitrogen and oxygen atoms in total. The lowest BCUT2D eigenvalue weighted by molar-refractivity contribution is -0.139. The highest BCUT2D eigenvalue weighted by Gasteiger charge is 2.33.